The minimum atomic E-state index is -3.64. The third-order valence-electron chi connectivity index (χ3n) is 3.45. The van der Waals surface area contributed by atoms with Crippen LogP contribution < -0.4 is 4.74 Å². The van der Waals surface area contributed by atoms with Crippen LogP contribution in [0.3, 0.4) is 0 Å². The maximum absolute atomic E-state index is 12.0. The summed E-state index contributed by atoms with van der Waals surface area (Å²) >= 11 is 0. The van der Waals surface area contributed by atoms with Crippen LogP contribution in [0.2, 0.25) is 0 Å². The fourth-order valence-corrected chi connectivity index (χ4v) is 3.54. The molecule has 2 rings (SSSR count). The molecule has 2 aromatic rings. The third-order valence-corrected chi connectivity index (χ3v) is 5.68. The first kappa shape index (κ1) is 17.5. The number of hydrogen-bond donors (Lipinski definition) is 0. The molecule has 0 aliphatic rings. The summed E-state index contributed by atoms with van der Waals surface area (Å²) in [5.41, 5.74) is 2.10. The van der Waals surface area contributed by atoms with E-state index in [9.17, 15) is 16.8 Å². The van der Waals surface area contributed by atoms with Crippen LogP contribution >= 0.6 is 0 Å². The quantitative estimate of drug-likeness (QED) is 0.844. The summed E-state index contributed by atoms with van der Waals surface area (Å²) in [5.74, 6) is 0.591. The first-order valence-corrected chi connectivity index (χ1v) is 10.6. The summed E-state index contributed by atoms with van der Waals surface area (Å²) in [6.45, 7) is 3.88. The van der Waals surface area contributed by atoms with Gasteiger partial charge in [0.05, 0.1) is 4.90 Å². The van der Waals surface area contributed by atoms with Crippen LogP contribution in [0, 0.1) is 13.8 Å². The van der Waals surface area contributed by atoms with E-state index in [1.807, 2.05) is 19.9 Å². The summed E-state index contributed by atoms with van der Waals surface area (Å²) in [5, 5.41) is 0. The highest BCUT2D eigenvalue weighted by molar-refractivity contribution is 7.91. The van der Waals surface area contributed by atoms with Gasteiger partial charge in [-0.25, -0.2) is 16.8 Å². The van der Waals surface area contributed by atoms with Crippen LogP contribution in [0.15, 0.2) is 46.2 Å². The SMILES string of the molecule is Cc1ccc(Oc2ccc(S(C)(=O)=O)cc2S(C)(=O)=O)cc1C. The number of sulfone groups is 2. The van der Waals surface area contributed by atoms with Crippen molar-refractivity contribution in [2.24, 2.45) is 0 Å². The van der Waals surface area contributed by atoms with Gasteiger partial charge in [-0.15, -0.1) is 0 Å². The molecule has 0 saturated carbocycles. The van der Waals surface area contributed by atoms with E-state index >= 15 is 0 Å². The minimum absolute atomic E-state index is 0.0645. The van der Waals surface area contributed by atoms with E-state index in [-0.39, 0.29) is 15.5 Å². The number of ether oxygens (including phenoxy) is 1. The smallest absolute Gasteiger partial charge is 0.179 e. The average molecular weight is 354 g/mol. The van der Waals surface area contributed by atoms with Gasteiger partial charge >= 0.3 is 0 Å². The Morgan fingerprint density at radius 3 is 1.96 bits per heavy atom. The van der Waals surface area contributed by atoms with Crippen LogP contribution in [-0.2, 0) is 19.7 Å². The second kappa shape index (κ2) is 5.98. The van der Waals surface area contributed by atoms with Crippen LogP contribution in [0.4, 0.5) is 0 Å². The van der Waals surface area contributed by atoms with E-state index in [0.29, 0.717) is 5.75 Å². The van der Waals surface area contributed by atoms with Crippen LogP contribution in [0.25, 0.3) is 0 Å². The Bertz CT molecular complexity index is 958. The van der Waals surface area contributed by atoms with Crippen LogP contribution in [-0.4, -0.2) is 29.3 Å². The van der Waals surface area contributed by atoms with Crippen molar-refractivity contribution in [1.82, 2.24) is 0 Å². The predicted octanol–water partition coefficient (Wildman–Crippen LogP) is 2.90. The highest BCUT2D eigenvalue weighted by atomic mass is 32.2. The van der Waals surface area contributed by atoms with Crippen LogP contribution in [0.5, 0.6) is 11.5 Å². The number of benzene rings is 2. The zero-order valence-electron chi connectivity index (χ0n) is 13.3. The van der Waals surface area contributed by atoms with E-state index in [1.54, 1.807) is 12.1 Å². The zero-order valence-corrected chi connectivity index (χ0v) is 15.0. The van der Waals surface area contributed by atoms with Gasteiger partial charge in [0.1, 0.15) is 16.4 Å². The van der Waals surface area contributed by atoms with E-state index in [2.05, 4.69) is 0 Å². The fourth-order valence-electron chi connectivity index (χ4n) is 2.00. The van der Waals surface area contributed by atoms with Crippen molar-refractivity contribution in [2.75, 3.05) is 12.5 Å². The Labute approximate surface area is 136 Å². The topological polar surface area (TPSA) is 77.5 Å². The molecule has 124 valence electrons. The summed E-state index contributed by atoms with van der Waals surface area (Å²) < 4.78 is 52.9. The van der Waals surface area contributed by atoms with E-state index in [1.165, 1.54) is 12.1 Å². The van der Waals surface area contributed by atoms with Gasteiger partial charge in [0.25, 0.3) is 0 Å². The van der Waals surface area contributed by atoms with Crippen molar-refractivity contribution in [3.8, 4) is 11.5 Å². The normalized spacial score (nSPS) is 12.2. The molecule has 7 heteroatoms. The molecule has 0 spiro atoms. The summed E-state index contributed by atoms with van der Waals surface area (Å²) in [7, 11) is -7.15. The standard InChI is InChI=1S/C16H18O5S2/c1-11-5-6-13(9-12(11)2)21-15-8-7-14(22(3,17)18)10-16(15)23(4,19)20/h5-10H,1-4H3. The van der Waals surface area contributed by atoms with Crippen molar-refractivity contribution < 1.29 is 21.6 Å². The third kappa shape index (κ3) is 4.11. The van der Waals surface area contributed by atoms with Crippen molar-refractivity contribution in [1.29, 1.82) is 0 Å². The van der Waals surface area contributed by atoms with Gasteiger partial charge in [-0.1, -0.05) is 6.07 Å². The Kier molecular flexibility index (Phi) is 4.54. The first-order valence-electron chi connectivity index (χ1n) is 6.78. The summed E-state index contributed by atoms with van der Waals surface area (Å²) in [6, 6.07) is 9.23. The highest BCUT2D eigenvalue weighted by Crippen LogP contribution is 2.31. The Balaban J connectivity index is 2.56. The lowest BCUT2D eigenvalue weighted by atomic mass is 10.1. The molecule has 0 fully saturated rings. The molecule has 0 radical (unpaired) electrons. The monoisotopic (exact) mass is 354 g/mol. The Morgan fingerprint density at radius 2 is 1.43 bits per heavy atom. The second-order valence-corrected chi connectivity index (χ2v) is 9.50. The molecule has 0 aromatic heterocycles. The molecule has 2 aromatic carbocycles. The molecule has 0 atom stereocenters. The average Bonchev–Trinajstić information content (AvgIpc) is 2.41. The molecule has 5 nitrogen and oxygen atoms in total. The van der Waals surface area contributed by atoms with Crippen molar-refractivity contribution >= 4 is 19.7 Å². The molecule has 0 saturated heterocycles. The van der Waals surface area contributed by atoms with Crippen molar-refractivity contribution in [3.63, 3.8) is 0 Å². The molecule has 23 heavy (non-hydrogen) atoms. The lowest BCUT2D eigenvalue weighted by molar-refractivity contribution is 0.466. The summed E-state index contributed by atoms with van der Waals surface area (Å²) in [6.07, 6.45) is 2.04. The second-order valence-electron chi connectivity index (χ2n) is 5.50. The molecule has 0 amide bonds. The molecule has 0 heterocycles. The highest BCUT2D eigenvalue weighted by Gasteiger charge is 2.19. The van der Waals surface area contributed by atoms with Crippen molar-refractivity contribution in [2.45, 2.75) is 23.6 Å². The summed E-state index contributed by atoms with van der Waals surface area (Å²) in [4.78, 5) is -0.219. The Morgan fingerprint density at radius 1 is 0.783 bits per heavy atom. The Hall–Kier alpha value is -1.86. The van der Waals surface area contributed by atoms with Gasteiger partial charge in [-0.2, -0.15) is 0 Å². The van der Waals surface area contributed by atoms with Gasteiger partial charge in [0.15, 0.2) is 19.7 Å². The van der Waals surface area contributed by atoms with Gasteiger partial charge < -0.3 is 4.74 Å². The van der Waals surface area contributed by atoms with Gasteiger partial charge in [-0.05, 0) is 55.3 Å². The lowest BCUT2D eigenvalue weighted by Gasteiger charge is -2.12. The van der Waals surface area contributed by atoms with Gasteiger partial charge in [-0.3, -0.25) is 0 Å². The molecule has 0 unspecified atom stereocenters. The molecule has 0 aliphatic carbocycles. The molecule has 0 bridgehead atoms. The fraction of sp³-hybridized carbons (Fsp3) is 0.250. The molecular weight excluding hydrogens is 336 g/mol. The molecule has 0 aliphatic heterocycles. The van der Waals surface area contributed by atoms with Crippen LogP contribution in [0.1, 0.15) is 11.1 Å². The molecular formula is C16H18O5S2. The van der Waals surface area contributed by atoms with Gasteiger partial charge in [0, 0.05) is 12.5 Å². The molecule has 0 N–H and O–H groups in total. The maximum Gasteiger partial charge on any atom is 0.179 e. The number of aryl methyl sites for hydroxylation is 2. The van der Waals surface area contributed by atoms with Gasteiger partial charge in [0.2, 0.25) is 0 Å². The number of rotatable bonds is 4. The minimum Gasteiger partial charge on any atom is -0.456 e. The number of hydrogen-bond acceptors (Lipinski definition) is 5. The maximum atomic E-state index is 12.0. The zero-order chi connectivity index (χ0) is 17.4. The predicted molar refractivity (Wildman–Crippen MR) is 88.7 cm³/mol. The lowest BCUT2D eigenvalue weighted by Crippen LogP contribution is -2.04. The van der Waals surface area contributed by atoms with E-state index < -0.39 is 19.7 Å². The largest absolute Gasteiger partial charge is 0.456 e. The van der Waals surface area contributed by atoms with E-state index in [0.717, 1.165) is 29.7 Å². The van der Waals surface area contributed by atoms with E-state index in [4.69, 9.17) is 4.74 Å². The first-order chi connectivity index (χ1) is 10.5. The van der Waals surface area contributed by atoms with Crippen molar-refractivity contribution in [3.05, 3.63) is 47.5 Å².